The van der Waals surface area contributed by atoms with E-state index in [1.807, 2.05) is 0 Å². The summed E-state index contributed by atoms with van der Waals surface area (Å²) in [5.74, 6) is -0.474. The standard InChI is InChI=1S/C27H21ClN2O6S/c1-34-17-8-4-14(5-9-17)24(31)22-23(15-6-11-19(35-2)20(12-15)36-3)30(26(33)25(22)32)27-29-18-10-7-16(28)13-21(18)37-27/h4-13,23,31H,1-3H3. The van der Waals surface area contributed by atoms with E-state index >= 15 is 0 Å². The Labute approximate surface area is 221 Å². The normalized spacial score (nSPS) is 16.9. The number of aliphatic hydroxyl groups excluding tert-OH is 1. The summed E-state index contributed by atoms with van der Waals surface area (Å²) in [6.07, 6.45) is 0. The van der Waals surface area contributed by atoms with Gasteiger partial charge in [-0.3, -0.25) is 14.5 Å². The lowest BCUT2D eigenvalue weighted by Crippen LogP contribution is -2.29. The number of hydrogen-bond donors (Lipinski definition) is 1. The molecule has 0 saturated carbocycles. The summed E-state index contributed by atoms with van der Waals surface area (Å²) in [6.45, 7) is 0. The largest absolute Gasteiger partial charge is 0.507 e. The third-order valence-corrected chi connectivity index (χ3v) is 7.33. The summed E-state index contributed by atoms with van der Waals surface area (Å²) in [7, 11) is 4.54. The number of rotatable bonds is 6. The number of amides is 1. The van der Waals surface area contributed by atoms with Crippen molar-refractivity contribution >= 4 is 55.7 Å². The molecule has 1 N–H and O–H groups in total. The third-order valence-electron chi connectivity index (χ3n) is 6.08. The molecular weight excluding hydrogens is 516 g/mol. The first-order valence-electron chi connectivity index (χ1n) is 11.1. The van der Waals surface area contributed by atoms with Crippen molar-refractivity contribution < 1.29 is 28.9 Å². The van der Waals surface area contributed by atoms with E-state index in [1.165, 1.54) is 37.6 Å². The Morgan fingerprint density at radius 1 is 0.946 bits per heavy atom. The van der Waals surface area contributed by atoms with E-state index < -0.39 is 17.7 Å². The molecule has 1 amide bonds. The lowest BCUT2D eigenvalue weighted by atomic mass is 9.95. The van der Waals surface area contributed by atoms with Crippen LogP contribution in [0.1, 0.15) is 17.2 Å². The summed E-state index contributed by atoms with van der Waals surface area (Å²) in [5, 5.41) is 12.1. The van der Waals surface area contributed by atoms with E-state index in [2.05, 4.69) is 4.98 Å². The van der Waals surface area contributed by atoms with Crippen molar-refractivity contribution in [2.75, 3.05) is 26.2 Å². The average Bonchev–Trinajstić information content (AvgIpc) is 3.45. The highest BCUT2D eigenvalue weighted by atomic mass is 35.5. The van der Waals surface area contributed by atoms with Gasteiger partial charge >= 0.3 is 5.91 Å². The van der Waals surface area contributed by atoms with Crippen molar-refractivity contribution in [2.45, 2.75) is 6.04 Å². The molecule has 1 saturated heterocycles. The van der Waals surface area contributed by atoms with Crippen LogP contribution >= 0.6 is 22.9 Å². The van der Waals surface area contributed by atoms with E-state index in [0.29, 0.717) is 44.0 Å². The maximum Gasteiger partial charge on any atom is 0.301 e. The fraction of sp³-hybridized carbons (Fsp3) is 0.148. The molecule has 4 aromatic rings. The molecule has 0 aliphatic carbocycles. The molecule has 1 unspecified atom stereocenters. The van der Waals surface area contributed by atoms with Gasteiger partial charge in [0.15, 0.2) is 16.6 Å². The molecular formula is C27H21ClN2O6S. The smallest absolute Gasteiger partial charge is 0.301 e. The molecule has 10 heteroatoms. The van der Waals surface area contributed by atoms with Gasteiger partial charge in [0, 0.05) is 10.6 Å². The molecule has 1 aromatic heterocycles. The molecule has 8 nitrogen and oxygen atoms in total. The highest BCUT2D eigenvalue weighted by Gasteiger charge is 2.48. The average molecular weight is 537 g/mol. The summed E-state index contributed by atoms with van der Waals surface area (Å²) in [5.41, 5.74) is 1.46. The number of halogens is 1. The van der Waals surface area contributed by atoms with Crippen molar-refractivity contribution in [1.82, 2.24) is 4.98 Å². The summed E-state index contributed by atoms with van der Waals surface area (Å²) < 4.78 is 16.8. The molecule has 1 fully saturated rings. The minimum Gasteiger partial charge on any atom is -0.507 e. The number of Topliss-reactive ketones (excluding diaryl/α,β-unsaturated/α-hetero) is 1. The molecule has 188 valence electrons. The van der Waals surface area contributed by atoms with Crippen LogP contribution in [-0.4, -0.2) is 43.1 Å². The number of hydrogen-bond acceptors (Lipinski definition) is 8. The molecule has 5 rings (SSSR count). The minimum atomic E-state index is -0.974. The number of carbonyl (C=O) groups is 2. The first-order chi connectivity index (χ1) is 17.9. The second-order valence-electron chi connectivity index (χ2n) is 8.12. The van der Waals surface area contributed by atoms with E-state index in [9.17, 15) is 14.7 Å². The molecule has 1 aliphatic rings. The number of anilines is 1. The zero-order valence-electron chi connectivity index (χ0n) is 20.0. The topological polar surface area (TPSA) is 98.2 Å². The van der Waals surface area contributed by atoms with Gasteiger partial charge in [0.25, 0.3) is 5.78 Å². The lowest BCUT2D eigenvalue weighted by Gasteiger charge is -2.23. The number of benzene rings is 3. The maximum atomic E-state index is 13.5. The molecule has 3 aromatic carbocycles. The van der Waals surface area contributed by atoms with Crippen molar-refractivity contribution in [3.8, 4) is 17.2 Å². The van der Waals surface area contributed by atoms with Crippen LogP contribution < -0.4 is 19.1 Å². The van der Waals surface area contributed by atoms with Gasteiger partial charge in [-0.1, -0.05) is 29.0 Å². The van der Waals surface area contributed by atoms with E-state index in [1.54, 1.807) is 60.7 Å². The second kappa shape index (κ2) is 9.76. The van der Waals surface area contributed by atoms with Crippen LogP contribution in [0.25, 0.3) is 16.0 Å². The Morgan fingerprint density at radius 3 is 2.35 bits per heavy atom. The number of carbonyl (C=O) groups excluding carboxylic acids is 2. The van der Waals surface area contributed by atoms with Gasteiger partial charge in [0.2, 0.25) is 0 Å². The fourth-order valence-corrected chi connectivity index (χ4v) is 5.53. The predicted molar refractivity (Wildman–Crippen MR) is 142 cm³/mol. The van der Waals surface area contributed by atoms with Crippen LogP contribution in [-0.2, 0) is 9.59 Å². The van der Waals surface area contributed by atoms with Crippen LogP contribution in [0.5, 0.6) is 17.2 Å². The SMILES string of the molecule is COc1ccc(C(O)=C2C(=O)C(=O)N(c3nc4ccc(Cl)cc4s3)C2c2ccc(OC)c(OC)c2)cc1. The van der Waals surface area contributed by atoms with Crippen LogP contribution in [0.2, 0.25) is 5.02 Å². The number of ether oxygens (including phenoxy) is 3. The zero-order chi connectivity index (χ0) is 26.3. The monoisotopic (exact) mass is 536 g/mol. The van der Waals surface area contributed by atoms with Crippen molar-refractivity contribution in [3.63, 3.8) is 0 Å². The van der Waals surface area contributed by atoms with Crippen molar-refractivity contribution in [1.29, 1.82) is 0 Å². The van der Waals surface area contributed by atoms with Gasteiger partial charge < -0.3 is 19.3 Å². The molecule has 37 heavy (non-hydrogen) atoms. The number of methoxy groups -OCH3 is 3. The summed E-state index contributed by atoms with van der Waals surface area (Å²) in [4.78, 5) is 32.8. The Bertz CT molecular complexity index is 1560. The zero-order valence-corrected chi connectivity index (χ0v) is 21.6. The first kappa shape index (κ1) is 24.6. The Kier molecular flexibility index (Phi) is 6.49. The molecule has 0 bridgehead atoms. The van der Waals surface area contributed by atoms with Gasteiger partial charge in [-0.2, -0.15) is 0 Å². The van der Waals surface area contributed by atoms with E-state index in [0.717, 1.165) is 4.70 Å². The van der Waals surface area contributed by atoms with Crippen LogP contribution in [0.3, 0.4) is 0 Å². The van der Waals surface area contributed by atoms with Crippen LogP contribution in [0.15, 0.2) is 66.2 Å². The van der Waals surface area contributed by atoms with Gasteiger partial charge in [-0.05, 0) is 60.2 Å². The number of ketones is 1. The van der Waals surface area contributed by atoms with Gasteiger partial charge in [-0.15, -0.1) is 0 Å². The predicted octanol–water partition coefficient (Wildman–Crippen LogP) is 5.60. The number of thiazole rings is 1. The molecule has 0 radical (unpaired) electrons. The lowest BCUT2D eigenvalue weighted by molar-refractivity contribution is -0.132. The Morgan fingerprint density at radius 2 is 1.68 bits per heavy atom. The highest BCUT2D eigenvalue weighted by molar-refractivity contribution is 7.22. The van der Waals surface area contributed by atoms with Crippen LogP contribution in [0.4, 0.5) is 5.13 Å². The molecule has 0 spiro atoms. The van der Waals surface area contributed by atoms with Gasteiger partial charge in [0.1, 0.15) is 11.5 Å². The van der Waals surface area contributed by atoms with E-state index in [-0.39, 0.29) is 11.3 Å². The Hall–Kier alpha value is -4.08. The highest BCUT2D eigenvalue weighted by Crippen LogP contribution is 2.46. The molecule has 1 atom stereocenters. The number of aliphatic hydroxyl groups is 1. The number of fused-ring (bicyclic) bond motifs is 1. The van der Waals surface area contributed by atoms with E-state index in [4.69, 9.17) is 25.8 Å². The third kappa shape index (κ3) is 4.26. The van der Waals surface area contributed by atoms with Gasteiger partial charge in [0.05, 0.1) is 43.2 Å². The maximum absolute atomic E-state index is 13.5. The minimum absolute atomic E-state index is 0.0697. The first-order valence-corrected chi connectivity index (χ1v) is 12.3. The number of nitrogens with zero attached hydrogens (tertiary/aromatic N) is 2. The van der Waals surface area contributed by atoms with Gasteiger partial charge in [-0.25, -0.2) is 4.98 Å². The summed E-state index contributed by atoms with van der Waals surface area (Å²) in [6, 6.07) is 15.9. The Balaban J connectivity index is 1.73. The second-order valence-corrected chi connectivity index (χ2v) is 9.57. The summed E-state index contributed by atoms with van der Waals surface area (Å²) >= 11 is 7.37. The molecule has 2 heterocycles. The quantitative estimate of drug-likeness (QED) is 0.194. The van der Waals surface area contributed by atoms with Crippen LogP contribution in [0, 0.1) is 0 Å². The fourth-order valence-electron chi connectivity index (χ4n) is 4.26. The number of aromatic nitrogens is 1. The molecule has 1 aliphatic heterocycles. The van der Waals surface area contributed by atoms with Crippen molar-refractivity contribution in [2.24, 2.45) is 0 Å². The van der Waals surface area contributed by atoms with Crippen molar-refractivity contribution in [3.05, 3.63) is 82.4 Å².